The second-order valence-electron chi connectivity index (χ2n) is 4.78. The lowest BCUT2D eigenvalue weighted by Crippen LogP contribution is -2.29. The van der Waals surface area contributed by atoms with Gasteiger partial charge in [0.1, 0.15) is 10.8 Å². The van der Waals surface area contributed by atoms with E-state index in [1.807, 2.05) is 0 Å². The first-order valence-corrected chi connectivity index (χ1v) is 6.25. The molecule has 18 heavy (non-hydrogen) atoms. The number of halogens is 4. The molecule has 1 heterocycles. The van der Waals surface area contributed by atoms with Crippen LogP contribution < -0.4 is 5.73 Å². The van der Waals surface area contributed by atoms with Crippen molar-refractivity contribution < 1.29 is 13.2 Å². The zero-order valence-electron chi connectivity index (χ0n) is 9.97. The number of nitrogens with two attached hydrogens (primary N) is 1. The molecule has 0 spiro atoms. The highest BCUT2D eigenvalue weighted by atomic mass is 35.5. The summed E-state index contributed by atoms with van der Waals surface area (Å²) < 4.78 is 39.2. The molecule has 0 bridgehead atoms. The van der Waals surface area contributed by atoms with E-state index in [-0.39, 0.29) is 18.9 Å². The Kier molecular flexibility index (Phi) is 3.49. The summed E-state index contributed by atoms with van der Waals surface area (Å²) in [5.41, 5.74) is 6.42. The molecule has 0 amide bonds. The summed E-state index contributed by atoms with van der Waals surface area (Å²) in [6, 6.07) is -0.0743. The molecule has 1 aliphatic rings. The molecule has 0 aliphatic heterocycles. The first-order valence-electron chi connectivity index (χ1n) is 5.87. The summed E-state index contributed by atoms with van der Waals surface area (Å²) in [5, 5.41) is 4.60. The van der Waals surface area contributed by atoms with Crippen LogP contribution in [-0.2, 0) is 0 Å². The van der Waals surface area contributed by atoms with Gasteiger partial charge in [0.15, 0.2) is 0 Å². The molecule has 1 aromatic heterocycles. The molecular formula is C11H15ClF3N3. The van der Waals surface area contributed by atoms with Gasteiger partial charge in [-0.1, -0.05) is 11.6 Å². The number of alkyl halides is 3. The van der Waals surface area contributed by atoms with E-state index in [2.05, 4.69) is 5.10 Å². The Morgan fingerprint density at radius 2 is 1.83 bits per heavy atom. The molecule has 102 valence electrons. The molecule has 1 aliphatic carbocycles. The molecular weight excluding hydrogens is 267 g/mol. The highest BCUT2D eigenvalue weighted by Gasteiger charge is 2.42. The number of rotatable bonds is 1. The molecule has 0 radical (unpaired) electrons. The molecule has 1 aromatic rings. The molecule has 3 nitrogen and oxygen atoms in total. The van der Waals surface area contributed by atoms with Crippen LogP contribution in [0, 0.1) is 12.8 Å². The molecule has 2 N–H and O–H groups in total. The fraction of sp³-hybridized carbons (Fsp3) is 0.727. The van der Waals surface area contributed by atoms with Crippen molar-refractivity contribution in [1.29, 1.82) is 0 Å². The Balaban J connectivity index is 2.08. The van der Waals surface area contributed by atoms with Crippen LogP contribution in [0.5, 0.6) is 0 Å². The summed E-state index contributed by atoms with van der Waals surface area (Å²) in [7, 11) is 0. The van der Waals surface area contributed by atoms with Crippen molar-refractivity contribution in [2.24, 2.45) is 5.92 Å². The third kappa shape index (κ3) is 2.43. The zero-order chi connectivity index (χ0) is 13.5. The van der Waals surface area contributed by atoms with Gasteiger partial charge in [0, 0.05) is 0 Å². The number of hydrogen-bond donors (Lipinski definition) is 1. The number of aromatic nitrogens is 2. The Morgan fingerprint density at radius 3 is 2.22 bits per heavy atom. The largest absolute Gasteiger partial charge is 0.391 e. The lowest BCUT2D eigenvalue weighted by Gasteiger charge is -2.30. The van der Waals surface area contributed by atoms with E-state index >= 15 is 0 Å². The van der Waals surface area contributed by atoms with Gasteiger partial charge < -0.3 is 5.73 Å². The Morgan fingerprint density at radius 1 is 1.28 bits per heavy atom. The number of aryl methyl sites for hydroxylation is 1. The van der Waals surface area contributed by atoms with E-state index in [1.54, 1.807) is 11.6 Å². The summed E-state index contributed by atoms with van der Waals surface area (Å²) in [4.78, 5) is 0. The van der Waals surface area contributed by atoms with Gasteiger partial charge in [0.05, 0.1) is 17.7 Å². The van der Waals surface area contributed by atoms with Gasteiger partial charge >= 0.3 is 6.18 Å². The predicted molar refractivity (Wildman–Crippen MR) is 63.4 cm³/mol. The second kappa shape index (κ2) is 4.64. The van der Waals surface area contributed by atoms with Crippen LogP contribution in [0.1, 0.15) is 37.4 Å². The molecule has 1 fully saturated rings. The minimum Gasteiger partial charge on any atom is -0.383 e. The van der Waals surface area contributed by atoms with E-state index in [1.165, 1.54) is 0 Å². The van der Waals surface area contributed by atoms with Crippen LogP contribution in [0.3, 0.4) is 0 Å². The van der Waals surface area contributed by atoms with Gasteiger partial charge in [0.2, 0.25) is 0 Å². The van der Waals surface area contributed by atoms with Gasteiger partial charge in [-0.15, -0.1) is 0 Å². The summed E-state index contributed by atoms with van der Waals surface area (Å²) in [6.07, 6.45) is -2.96. The molecule has 2 rings (SSSR count). The molecule has 1 saturated carbocycles. The molecule has 0 unspecified atom stereocenters. The van der Waals surface area contributed by atoms with E-state index < -0.39 is 12.1 Å². The fourth-order valence-corrected chi connectivity index (χ4v) is 2.60. The molecule has 0 atom stereocenters. The first kappa shape index (κ1) is 13.5. The van der Waals surface area contributed by atoms with Gasteiger partial charge in [-0.05, 0) is 32.6 Å². The maximum Gasteiger partial charge on any atom is 0.391 e. The lowest BCUT2D eigenvalue weighted by molar-refractivity contribution is -0.183. The lowest BCUT2D eigenvalue weighted by atomic mass is 9.85. The zero-order valence-corrected chi connectivity index (χ0v) is 10.7. The van der Waals surface area contributed by atoms with Crippen molar-refractivity contribution in [3.05, 3.63) is 10.7 Å². The quantitative estimate of drug-likeness (QED) is 0.852. The van der Waals surface area contributed by atoms with E-state index in [0.717, 1.165) is 0 Å². The second-order valence-corrected chi connectivity index (χ2v) is 5.15. The van der Waals surface area contributed by atoms with Crippen LogP contribution in [-0.4, -0.2) is 16.0 Å². The van der Waals surface area contributed by atoms with E-state index in [9.17, 15) is 13.2 Å². The topological polar surface area (TPSA) is 43.8 Å². The van der Waals surface area contributed by atoms with Crippen molar-refractivity contribution in [1.82, 2.24) is 9.78 Å². The minimum absolute atomic E-state index is 0.0743. The number of nitrogens with zero attached hydrogens (tertiary/aromatic N) is 2. The maximum absolute atomic E-state index is 12.6. The van der Waals surface area contributed by atoms with Crippen molar-refractivity contribution in [2.75, 3.05) is 5.73 Å². The van der Waals surface area contributed by atoms with Gasteiger partial charge in [-0.25, -0.2) is 4.68 Å². The van der Waals surface area contributed by atoms with Crippen LogP contribution in [0.4, 0.5) is 19.0 Å². The van der Waals surface area contributed by atoms with Crippen LogP contribution in [0.15, 0.2) is 0 Å². The van der Waals surface area contributed by atoms with Crippen molar-refractivity contribution in [3.8, 4) is 0 Å². The smallest absolute Gasteiger partial charge is 0.383 e. The summed E-state index contributed by atoms with van der Waals surface area (Å²) in [5.74, 6) is -0.841. The number of hydrogen-bond acceptors (Lipinski definition) is 2. The molecule has 0 saturated heterocycles. The first-order chi connectivity index (χ1) is 8.30. The SMILES string of the molecule is Cc1nn(C2CCC(C(F)(F)F)CC2)c(N)c1Cl. The molecule has 7 heteroatoms. The van der Waals surface area contributed by atoms with E-state index in [0.29, 0.717) is 29.4 Å². The molecule has 0 aromatic carbocycles. The highest BCUT2D eigenvalue weighted by Crippen LogP contribution is 2.42. The van der Waals surface area contributed by atoms with Gasteiger partial charge in [-0.3, -0.25) is 0 Å². The monoisotopic (exact) mass is 281 g/mol. The van der Waals surface area contributed by atoms with Crippen LogP contribution in [0.2, 0.25) is 5.02 Å². The van der Waals surface area contributed by atoms with Crippen LogP contribution in [0.25, 0.3) is 0 Å². The normalized spacial score (nSPS) is 25.4. The maximum atomic E-state index is 12.6. The van der Waals surface area contributed by atoms with Crippen molar-refractivity contribution in [3.63, 3.8) is 0 Å². The van der Waals surface area contributed by atoms with Crippen LogP contribution >= 0.6 is 11.6 Å². The standard InChI is InChI=1S/C11H15ClF3N3/c1-6-9(12)10(16)18(17-6)8-4-2-7(3-5-8)11(13,14)15/h7-8H,2-5,16H2,1H3. The summed E-state index contributed by atoms with van der Waals surface area (Å²) in [6.45, 7) is 1.73. The third-order valence-corrected chi connectivity index (χ3v) is 4.02. The van der Waals surface area contributed by atoms with Crippen molar-refractivity contribution >= 4 is 17.4 Å². The average Bonchev–Trinajstić information content (AvgIpc) is 2.56. The highest BCUT2D eigenvalue weighted by molar-refractivity contribution is 6.33. The minimum atomic E-state index is -4.09. The van der Waals surface area contributed by atoms with Gasteiger partial charge in [-0.2, -0.15) is 18.3 Å². The average molecular weight is 282 g/mol. The number of anilines is 1. The predicted octanol–water partition coefficient (Wildman–Crippen LogP) is 3.72. The van der Waals surface area contributed by atoms with Gasteiger partial charge in [0.25, 0.3) is 0 Å². The third-order valence-electron chi connectivity index (χ3n) is 3.55. The Bertz CT molecular complexity index is 433. The summed E-state index contributed by atoms with van der Waals surface area (Å²) >= 11 is 5.93. The Labute approximate surface area is 108 Å². The Hall–Kier alpha value is -0.910. The van der Waals surface area contributed by atoms with E-state index in [4.69, 9.17) is 17.3 Å². The van der Waals surface area contributed by atoms with Crippen molar-refractivity contribution in [2.45, 2.75) is 44.8 Å². The number of nitrogen functional groups attached to an aromatic ring is 1. The fourth-order valence-electron chi connectivity index (χ4n) is 2.47.